The average Bonchev–Trinajstić information content (AvgIpc) is 2.67. The number of rotatable bonds is 4. The van der Waals surface area contributed by atoms with E-state index in [0.717, 1.165) is 22.5 Å². The summed E-state index contributed by atoms with van der Waals surface area (Å²) in [4.78, 5) is 16.3. The van der Waals surface area contributed by atoms with Crippen molar-refractivity contribution in [3.8, 4) is 0 Å². The predicted molar refractivity (Wildman–Crippen MR) is 96.0 cm³/mol. The summed E-state index contributed by atoms with van der Waals surface area (Å²) in [7, 11) is 1.37. The van der Waals surface area contributed by atoms with Gasteiger partial charge in [0.25, 0.3) is 0 Å². The summed E-state index contributed by atoms with van der Waals surface area (Å²) in [5, 5.41) is 0. The van der Waals surface area contributed by atoms with Gasteiger partial charge in [0, 0.05) is 11.1 Å². The lowest BCUT2D eigenvalue weighted by atomic mass is 10.0. The highest BCUT2D eigenvalue weighted by Gasteiger charge is 2.08. The molecule has 0 spiro atoms. The Bertz CT molecular complexity index is 797. The highest BCUT2D eigenvalue weighted by molar-refractivity contribution is 6.13. The van der Waals surface area contributed by atoms with Crippen LogP contribution in [0.15, 0.2) is 89.9 Å². The number of ether oxygens (including phenoxy) is 1. The van der Waals surface area contributed by atoms with Gasteiger partial charge in [-0.1, -0.05) is 60.7 Å². The minimum absolute atomic E-state index is 0.350. The van der Waals surface area contributed by atoms with Crippen LogP contribution in [0.4, 0.5) is 5.69 Å². The van der Waals surface area contributed by atoms with Crippen molar-refractivity contribution in [2.24, 2.45) is 4.99 Å². The number of esters is 1. The maximum absolute atomic E-state index is 11.5. The van der Waals surface area contributed by atoms with Gasteiger partial charge in [-0.3, -0.25) is 0 Å². The number of hydrogen-bond donors (Lipinski definition) is 0. The largest absolute Gasteiger partial charge is 0.465 e. The molecule has 0 unspecified atom stereocenters. The van der Waals surface area contributed by atoms with Crippen molar-refractivity contribution >= 4 is 17.4 Å². The Hall–Kier alpha value is -3.20. The molecule has 0 N–H and O–H groups in total. The van der Waals surface area contributed by atoms with Gasteiger partial charge in [-0.05, 0) is 24.3 Å². The van der Waals surface area contributed by atoms with Gasteiger partial charge in [0.15, 0.2) is 0 Å². The molecule has 3 aromatic rings. The van der Waals surface area contributed by atoms with E-state index >= 15 is 0 Å². The summed E-state index contributed by atoms with van der Waals surface area (Å²) in [5.74, 6) is -0.350. The minimum Gasteiger partial charge on any atom is -0.465 e. The van der Waals surface area contributed by atoms with Crippen molar-refractivity contribution in [3.05, 3.63) is 102 Å². The predicted octanol–water partition coefficient (Wildman–Crippen LogP) is 4.64. The first-order chi connectivity index (χ1) is 11.8. The minimum atomic E-state index is -0.350. The van der Waals surface area contributed by atoms with Gasteiger partial charge < -0.3 is 4.74 Å². The highest BCUT2D eigenvalue weighted by atomic mass is 16.5. The molecule has 0 heterocycles. The molecule has 0 saturated carbocycles. The zero-order chi connectivity index (χ0) is 16.8. The Morgan fingerprint density at radius 2 is 1.21 bits per heavy atom. The number of methoxy groups -OCH3 is 1. The maximum atomic E-state index is 11.5. The standard InChI is InChI=1S/C21H17NO2/c1-24-21(23)18-12-14-19(15-13-18)22-20(16-8-4-2-5-9-16)17-10-6-3-7-11-17/h2-15H,1H3. The van der Waals surface area contributed by atoms with Gasteiger partial charge in [0.2, 0.25) is 0 Å². The molecule has 0 aliphatic heterocycles. The lowest BCUT2D eigenvalue weighted by molar-refractivity contribution is 0.0601. The van der Waals surface area contributed by atoms with Crippen molar-refractivity contribution in [3.63, 3.8) is 0 Å². The quantitative estimate of drug-likeness (QED) is 0.519. The number of nitrogens with zero attached hydrogens (tertiary/aromatic N) is 1. The first kappa shape index (κ1) is 15.7. The zero-order valence-corrected chi connectivity index (χ0v) is 13.3. The van der Waals surface area contributed by atoms with Crippen LogP contribution in [0.5, 0.6) is 0 Å². The molecule has 118 valence electrons. The van der Waals surface area contributed by atoms with Crippen LogP contribution in [0, 0.1) is 0 Å². The second kappa shape index (κ2) is 7.38. The van der Waals surface area contributed by atoms with E-state index in [1.54, 1.807) is 12.1 Å². The van der Waals surface area contributed by atoms with Gasteiger partial charge in [0.05, 0.1) is 24.1 Å². The summed E-state index contributed by atoms with van der Waals surface area (Å²) in [6.45, 7) is 0. The van der Waals surface area contributed by atoms with Gasteiger partial charge in [-0.15, -0.1) is 0 Å². The Morgan fingerprint density at radius 1 is 0.708 bits per heavy atom. The van der Waals surface area contributed by atoms with Gasteiger partial charge in [-0.2, -0.15) is 0 Å². The van der Waals surface area contributed by atoms with E-state index in [1.807, 2.05) is 72.8 Å². The maximum Gasteiger partial charge on any atom is 0.337 e. The molecule has 0 radical (unpaired) electrons. The molecule has 3 heteroatoms. The van der Waals surface area contributed by atoms with Gasteiger partial charge in [0.1, 0.15) is 0 Å². The van der Waals surface area contributed by atoms with Crippen LogP contribution < -0.4 is 0 Å². The first-order valence-electron chi connectivity index (χ1n) is 7.66. The van der Waals surface area contributed by atoms with Gasteiger partial charge in [-0.25, -0.2) is 9.79 Å². The monoisotopic (exact) mass is 315 g/mol. The number of carbonyl (C=O) groups excluding carboxylic acids is 1. The van der Waals surface area contributed by atoms with E-state index in [9.17, 15) is 4.79 Å². The van der Waals surface area contributed by atoms with Crippen LogP contribution in [0.3, 0.4) is 0 Å². The Morgan fingerprint density at radius 3 is 1.67 bits per heavy atom. The van der Waals surface area contributed by atoms with Crippen molar-refractivity contribution in [1.29, 1.82) is 0 Å². The van der Waals surface area contributed by atoms with E-state index in [2.05, 4.69) is 0 Å². The Kier molecular flexibility index (Phi) is 4.82. The molecule has 0 saturated heterocycles. The first-order valence-corrected chi connectivity index (χ1v) is 7.66. The van der Waals surface area contributed by atoms with Crippen molar-refractivity contribution in [2.45, 2.75) is 0 Å². The van der Waals surface area contributed by atoms with Crippen LogP contribution in [0.2, 0.25) is 0 Å². The van der Waals surface area contributed by atoms with Crippen molar-refractivity contribution in [2.75, 3.05) is 7.11 Å². The molecule has 3 nitrogen and oxygen atoms in total. The lowest BCUT2D eigenvalue weighted by Crippen LogP contribution is -2.03. The molecule has 0 fully saturated rings. The molecular formula is C21H17NO2. The summed E-state index contributed by atoms with van der Waals surface area (Å²) in [6, 6.07) is 27.2. The van der Waals surface area contributed by atoms with Crippen molar-refractivity contribution < 1.29 is 9.53 Å². The normalized spacial score (nSPS) is 10.0. The third-order valence-electron chi connectivity index (χ3n) is 3.62. The molecular weight excluding hydrogens is 298 g/mol. The van der Waals surface area contributed by atoms with Crippen LogP contribution in [-0.4, -0.2) is 18.8 Å². The van der Waals surface area contributed by atoms with Crippen LogP contribution in [0.25, 0.3) is 0 Å². The molecule has 0 atom stereocenters. The molecule has 3 rings (SSSR count). The summed E-state index contributed by atoms with van der Waals surface area (Å²) in [5.41, 5.74) is 4.27. The second-order valence-corrected chi connectivity index (χ2v) is 5.23. The molecule has 0 aliphatic rings. The SMILES string of the molecule is COC(=O)c1ccc(N=C(c2ccccc2)c2ccccc2)cc1. The van der Waals surface area contributed by atoms with Crippen LogP contribution >= 0.6 is 0 Å². The number of benzene rings is 3. The third kappa shape index (κ3) is 3.58. The number of hydrogen-bond acceptors (Lipinski definition) is 3. The van der Waals surface area contributed by atoms with Crippen LogP contribution in [-0.2, 0) is 4.74 Å². The van der Waals surface area contributed by atoms with E-state index in [0.29, 0.717) is 5.56 Å². The van der Waals surface area contributed by atoms with E-state index in [4.69, 9.17) is 9.73 Å². The third-order valence-corrected chi connectivity index (χ3v) is 3.62. The lowest BCUT2D eigenvalue weighted by Gasteiger charge is -2.08. The summed E-state index contributed by atoms with van der Waals surface area (Å²) in [6.07, 6.45) is 0. The summed E-state index contributed by atoms with van der Waals surface area (Å²) < 4.78 is 4.72. The average molecular weight is 315 g/mol. The Labute approximate surface area is 141 Å². The fourth-order valence-corrected chi connectivity index (χ4v) is 2.41. The molecule has 0 amide bonds. The van der Waals surface area contributed by atoms with Crippen molar-refractivity contribution in [1.82, 2.24) is 0 Å². The zero-order valence-electron chi connectivity index (χ0n) is 13.3. The Balaban J connectivity index is 2.02. The smallest absolute Gasteiger partial charge is 0.337 e. The molecule has 0 bridgehead atoms. The number of carbonyl (C=O) groups is 1. The topological polar surface area (TPSA) is 38.7 Å². The van der Waals surface area contributed by atoms with E-state index < -0.39 is 0 Å². The molecule has 0 aromatic heterocycles. The molecule has 3 aromatic carbocycles. The van der Waals surface area contributed by atoms with E-state index in [1.165, 1.54) is 7.11 Å². The fourth-order valence-electron chi connectivity index (χ4n) is 2.41. The fraction of sp³-hybridized carbons (Fsp3) is 0.0476. The second-order valence-electron chi connectivity index (χ2n) is 5.23. The molecule has 0 aliphatic carbocycles. The van der Waals surface area contributed by atoms with Gasteiger partial charge >= 0.3 is 5.97 Å². The molecule has 24 heavy (non-hydrogen) atoms. The summed E-state index contributed by atoms with van der Waals surface area (Å²) >= 11 is 0. The number of aliphatic imine (C=N–C) groups is 1. The van der Waals surface area contributed by atoms with Crippen LogP contribution in [0.1, 0.15) is 21.5 Å². The van der Waals surface area contributed by atoms with E-state index in [-0.39, 0.29) is 5.97 Å². The highest BCUT2D eigenvalue weighted by Crippen LogP contribution is 2.19.